The summed E-state index contributed by atoms with van der Waals surface area (Å²) in [4.78, 5) is 14.1. The summed E-state index contributed by atoms with van der Waals surface area (Å²) in [6.07, 6.45) is 0. The Hall–Kier alpha value is -1.71. The smallest absolute Gasteiger partial charge is 0.254 e. The molecule has 4 heteroatoms. The number of hydrogen-bond acceptors (Lipinski definition) is 3. The topological polar surface area (TPSA) is 38.8 Å². The van der Waals surface area contributed by atoms with Gasteiger partial charge in [0, 0.05) is 24.2 Å². The van der Waals surface area contributed by atoms with Gasteiger partial charge in [0.1, 0.15) is 0 Å². The van der Waals surface area contributed by atoms with Crippen LogP contribution in [0.2, 0.25) is 0 Å². The van der Waals surface area contributed by atoms with Crippen molar-refractivity contribution in [2.75, 3.05) is 19.9 Å². The molecule has 0 saturated carbocycles. The summed E-state index contributed by atoms with van der Waals surface area (Å²) in [7, 11) is 0. The lowest BCUT2D eigenvalue weighted by Gasteiger charge is -2.20. The number of ether oxygens (including phenoxy) is 2. The van der Waals surface area contributed by atoms with E-state index in [1.165, 1.54) is 0 Å². The fourth-order valence-electron chi connectivity index (χ4n) is 2.02. The summed E-state index contributed by atoms with van der Waals surface area (Å²) in [5.74, 6) is 1.47. The first kappa shape index (κ1) is 11.8. The molecule has 1 heterocycles. The van der Waals surface area contributed by atoms with E-state index >= 15 is 0 Å². The van der Waals surface area contributed by atoms with Gasteiger partial charge in [0.15, 0.2) is 11.5 Å². The molecule has 92 valence electrons. The third kappa shape index (κ3) is 1.95. The Kier molecular flexibility index (Phi) is 3.22. The normalized spacial score (nSPS) is 12.6. The van der Waals surface area contributed by atoms with Crippen LogP contribution in [-0.2, 0) is 0 Å². The van der Waals surface area contributed by atoms with Gasteiger partial charge in [-0.1, -0.05) is 0 Å². The maximum absolute atomic E-state index is 12.3. The van der Waals surface area contributed by atoms with Crippen LogP contribution in [0.25, 0.3) is 0 Å². The Morgan fingerprint density at radius 3 is 2.65 bits per heavy atom. The number of hydrogen-bond donors (Lipinski definition) is 0. The van der Waals surface area contributed by atoms with Crippen LogP contribution in [0.5, 0.6) is 11.5 Å². The summed E-state index contributed by atoms with van der Waals surface area (Å²) in [5, 5.41) is 0. The fraction of sp³-hybridized carbons (Fsp3) is 0.462. The molecule has 1 aliphatic heterocycles. The quantitative estimate of drug-likeness (QED) is 0.806. The van der Waals surface area contributed by atoms with Crippen molar-refractivity contribution in [1.29, 1.82) is 0 Å². The number of carbonyl (C=O) groups is 1. The molecule has 0 saturated heterocycles. The van der Waals surface area contributed by atoms with E-state index < -0.39 is 0 Å². The van der Waals surface area contributed by atoms with Crippen LogP contribution >= 0.6 is 0 Å². The Bertz CT molecular complexity index is 439. The third-order valence-corrected chi connectivity index (χ3v) is 3.07. The molecule has 1 aromatic carbocycles. The summed E-state index contributed by atoms with van der Waals surface area (Å²) >= 11 is 0. The van der Waals surface area contributed by atoms with Crippen molar-refractivity contribution in [3.63, 3.8) is 0 Å². The van der Waals surface area contributed by atoms with Crippen molar-refractivity contribution in [3.05, 3.63) is 23.3 Å². The Morgan fingerprint density at radius 1 is 1.29 bits per heavy atom. The van der Waals surface area contributed by atoms with Crippen molar-refractivity contribution < 1.29 is 14.3 Å². The first-order chi connectivity index (χ1) is 8.19. The first-order valence-corrected chi connectivity index (χ1v) is 5.87. The molecule has 2 rings (SSSR count). The van der Waals surface area contributed by atoms with E-state index in [4.69, 9.17) is 9.47 Å². The van der Waals surface area contributed by atoms with Gasteiger partial charge in [0.25, 0.3) is 5.91 Å². The molecule has 0 N–H and O–H groups in total. The van der Waals surface area contributed by atoms with Gasteiger partial charge in [-0.25, -0.2) is 0 Å². The van der Waals surface area contributed by atoms with Crippen LogP contribution in [-0.4, -0.2) is 30.7 Å². The molecule has 1 aliphatic rings. The zero-order valence-corrected chi connectivity index (χ0v) is 10.4. The molecule has 1 aromatic rings. The Balaban J connectivity index is 2.37. The number of fused-ring (bicyclic) bond motifs is 1. The first-order valence-electron chi connectivity index (χ1n) is 5.87. The highest BCUT2D eigenvalue weighted by molar-refractivity contribution is 5.96. The van der Waals surface area contributed by atoms with E-state index in [0.717, 1.165) is 11.3 Å². The minimum absolute atomic E-state index is 0.0470. The van der Waals surface area contributed by atoms with Crippen molar-refractivity contribution in [1.82, 2.24) is 4.90 Å². The molecule has 0 bridgehead atoms. The molecule has 0 aliphatic carbocycles. The van der Waals surface area contributed by atoms with Gasteiger partial charge in [-0.15, -0.1) is 0 Å². The minimum Gasteiger partial charge on any atom is -0.454 e. The van der Waals surface area contributed by atoms with E-state index in [0.29, 0.717) is 24.4 Å². The SMILES string of the molecule is CCN(CC)C(=O)c1ccc2c(c1C)OCO2. The van der Waals surface area contributed by atoms with Crippen LogP contribution in [0.4, 0.5) is 0 Å². The maximum atomic E-state index is 12.3. The molecule has 0 aromatic heterocycles. The van der Waals surface area contributed by atoms with Gasteiger partial charge in [-0.05, 0) is 32.9 Å². The van der Waals surface area contributed by atoms with Crippen LogP contribution in [0.1, 0.15) is 29.8 Å². The predicted octanol–water partition coefficient (Wildman–Crippen LogP) is 2.21. The molecule has 0 radical (unpaired) electrons. The number of nitrogens with zero attached hydrogens (tertiary/aromatic N) is 1. The largest absolute Gasteiger partial charge is 0.454 e. The molecule has 17 heavy (non-hydrogen) atoms. The van der Waals surface area contributed by atoms with Gasteiger partial charge in [0.2, 0.25) is 6.79 Å². The molecular weight excluding hydrogens is 218 g/mol. The lowest BCUT2D eigenvalue weighted by molar-refractivity contribution is 0.0771. The second-order valence-corrected chi connectivity index (χ2v) is 3.95. The minimum atomic E-state index is 0.0470. The third-order valence-electron chi connectivity index (χ3n) is 3.07. The van der Waals surface area contributed by atoms with Gasteiger partial charge in [-0.2, -0.15) is 0 Å². The predicted molar refractivity (Wildman–Crippen MR) is 64.6 cm³/mol. The Labute approximate surface area is 101 Å². The second-order valence-electron chi connectivity index (χ2n) is 3.95. The van der Waals surface area contributed by atoms with Gasteiger partial charge in [-0.3, -0.25) is 4.79 Å². The van der Waals surface area contributed by atoms with Crippen LogP contribution in [0.15, 0.2) is 12.1 Å². The van der Waals surface area contributed by atoms with Crippen molar-refractivity contribution in [3.8, 4) is 11.5 Å². The molecule has 0 unspecified atom stereocenters. The zero-order valence-electron chi connectivity index (χ0n) is 10.4. The lowest BCUT2D eigenvalue weighted by atomic mass is 10.1. The number of carbonyl (C=O) groups excluding carboxylic acids is 1. The maximum Gasteiger partial charge on any atom is 0.254 e. The van der Waals surface area contributed by atoms with Crippen molar-refractivity contribution in [2.45, 2.75) is 20.8 Å². The highest BCUT2D eigenvalue weighted by Crippen LogP contribution is 2.37. The monoisotopic (exact) mass is 235 g/mol. The number of amides is 1. The summed E-state index contributed by atoms with van der Waals surface area (Å²) in [6, 6.07) is 3.61. The number of benzene rings is 1. The van der Waals surface area contributed by atoms with Gasteiger partial charge >= 0.3 is 0 Å². The van der Waals surface area contributed by atoms with Crippen LogP contribution < -0.4 is 9.47 Å². The average Bonchev–Trinajstić information content (AvgIpc) is 2.80. The van der Waals surface area contributed by atoms with Crippen LogP contribution in [0.3, 0.4) is 0 Å². The molecular formula is C13H17NO3. The van der Waals surface area contributed by atoms with E-state index in [1.807, 2.05) is 26.8 Å². The zero-order chi connectivity index (χ0) is 12.4. The van der Waals surface area contributed by atoms with Gasteiger partial charge in [0.05, 0.1) is 0 Å². The highest BCUT2D eigenvalue weighted by Gasteiger charge is 2.22. The summed E-state index contributed by atoms with van der Waals surface area (Å²) < 4.78 is 10.7. The highest BCUT2D eigenvalue weighted by atomic mass is 16.7. The van der Waals surface area contributed by atoms with E-state index in [9.17, 15) is 4.79 Å². The summed E-state index contributed by atoms with van der Waals surface area (Å²) in [6.45, 7) is 7.50. The van der Waals surface area contributed by atoms with Gasteiger partial charge < -0.3 is 14.4 Å². The van der Waals surface area contributed by atoms with E-state index in [1.54, 1.807) is 11.0 Å². The average molecular weight is 235 g/mol. The molecule has 4 nitrogen and oxygen atoms in total. The molecule has 0 fully saturated rings. The van der Waals surface area contributed by atoms with Crippen molar-refractivity contribution in [2.24, 2.45) is 0 Å². The lowest BCUT2D eigenvalue weighted by Crippen LogP contribution is -2.30. The standard InChI is InChI=1S/C13H17NO3/c1-4-14(5-2)13(15)10-6-7-11-12(9(10)3)17-8-16-11/h6-7H,4-5,8H2,1-3H3. The molecule has 0 spiro atoms. The fourth-order valence-corrected chi connectivity index (χ4v) is 2.02. The van der Waals surface area contributed by atoms with E-state index in [-0.39, 0.29) is 12.7 Å². The van der Waals surface area contributed by atoms with Crippen LogP contribution in [0, 0.1) is 6.92 Å². The Morgan fingerprint density at radius 2 is 2.00 bits per heavy atom. The second kappa shape index (κ2) is 4.65. The van der Waals surface area contributed by atoms with Crippen molar-refractivity contribution >= 4 is 5.91 Å². The molecule has 1 amide bonds. The van der Waals surface area contributed by atoms with E-state index in [2.05, 4.69) is 0 Å². The summed E-state index contributed by atoms with van der Waals surface area (Å²) in [5.41, 5.74) is 1.55. The molecule has 0 atom stereocenters. The number of rotatable bonds is 3.